The van der Waals surface area contributed by atoms with Gasteiger partial charge in [-0.25, -0.2) is 10.9 Å². The van der Waals surface area contributed by atoms with E-state index in [-0.39, 0.29) is 23.7 Å². The molecule has 0 bridgehead atoms. The maximum Gasteiger partial charge on any atom is 0.245 e. The summed E-state index contributed by atoms with van der Waals surface area (Å²) in [6.07, 6.45) is -0.0129. The molecular weight excluding hydrogens is 182 g/mol. The van der Waals surface area contributed by atoms with Crippen LogP contribution in [0.25, 0.3) is 0 Å². The zero-order chi connectivity index (χ0) is 10.3. The lowest BCUT2D eigenvalue weighted by Gasteiger charge is -2.42. The Bertz CT molecular complexity index is 249. The highest BCUT2D eigenvalue weighted by Gasteiger charge is 2.42. The van der Waals surface area contributed by atoms with Gasteiger partial charge >= 0.3 is 0 Å². The molecule has 0 radical (unpaired) electrons. The second-order valence-electron chi connectivity index (χ2n) is 4.67. The molecule has 0 spiro atoms. The molecule has 2 unspecified atom stereocenters. The molecule has 6 heteroatoms. The van der Waals surface area contributed by atoms with Crippen LogP contribution in [0.2, 0.25) is 0 Å². The maximum atomic E-state index is 12.0. The largest absolute Gasteiger partial charge is 0.324 e. The molecule has 2 fully saturated rings. The van der Waals surface area contributed by atoms with Gasteiger partial charge < -0.3 is 4.90 Å². The fraction of sp³-hybridized carbons (Fsp3) is 0.875. The minimum Gasteiger partial charge on any atom is -0.324 e. The first-order chi connectivity index (χ1) is 6.50. The number of hydrogen-bond acceptors (Lipinski definition) is 5. The van der Waals surface area contributed by atoms with Gasteiger partial charge in [-0.05, 0) is 20.8 Å². The Kier molecular flexibility index (Phi) is 2.23. The van der Waals surface area contributed by atoms with Crippen molar-refractivity contribution in [2.24, 2.45) is 0 Å². The third-order valence-electron chi connectivity index (χ3n) is 2.60. The van der Waals surface area contributed by atoms with Gasteiger partial charge in [0.25, 0.3) is 0 Å². The van der Waals surface area contributed by atoms with E-state index in [1.165, 1.54) is 0 Å². The van der Waals surface area contributed by atoms with Crippen molar-refractivity contribution in [3.8, 4) is 0 Å². The molecule has 2 atom stereocenters. The van der Waals surface area contributed by atoms with E-state index in [9.17, 15) is 4.79 Å². The van der Waals surface area contributed by atoms with Gasteiger partial charge in [0.2, 0.25) is 5.91 Å². The highest BCUT2D eigenvalue weighted by atomic mass is 16.2. The number of hydrogen-bond donors (Lipinski definition) is 4. The summed E-state index contributed by atoms with van der Waals surface area (Å²) in [5, 5.41) is 3.24. The van der Waals surface area contributed by atoms with Crippen LogP contribution in [-0.2, 0) is 4.79 Å². The first-order valence-electron chi connectivity index (χ1n) is 4.81. The molecule has 2 aliphatic heterocycles. The molecule has 2 heterocycles. The molecule has 2 aliphatic rings. The van der Waals surface area contributed by atoms with Crippen LogP contribution < -0.4 is 21.7 Å². The van der Waals surface area contributed by atoms with Crippen molar-refractivity contribution in [3.63, 3.8) is 0 Å². The van der Waals surface area contributed by atoms with E-state index in [1.54, 1.807) is 0 Å². The standard InChI is InChI=1S/C8H17N5O/c1-8(2,3)13-4-9-6-5(7(13)14)10-12-11-6/h5-6,9-12H,4H2,1-3H3. The Hall–Kier alpha value is -0.690. The van der Waals surface area contributed by atoms with E-state index in [1.807, 2.05) is 25.7 Å². The fourth-order valence-corrected chi connectivity index (χ4v) is 1.74. The molecule has 1 amide bonds. The smallest absolute Gasteiger partial charge is 0.245 e. The van der Waals surface area contributed by atoms with Crippen molar-refractivity contribution >= 4 is 5.91 Å². The highest BCUT2D eigenvalue weighted by Crippen LogP contribution is 2.17. The lowest BCUT2D eigenvalue weighted by Crippen LogP contribution is -2.66. The zero-order valence-electron chi connectivity index (χ0n) is 8.72. The number of amides is 1. The van der Waals surface area contributed by atoms with Gasteiger partial charge in [-0.2, -0.15) is 5.53 Å². The number of fused-ring (bicyclic) bond motifs is 1. The van der Waals surface area contributed by atoms with Crippen molar-refractivity contribution < 1.29 is 4.79 Å². The summed E-state index contributed by atoms with van der Waals surface area (Å²) in [5.74, 6) is 0.124. The Morgan fingerprint density at radius 2 is 2.07 bits per heavy atom. The van der Waals surface area contributed by atoms with Crippen LogP contribution in [-0.4, -0.2) is 35.2 Å². The first-order valence-corrected chi connectivity index (χ1v) is 4.81. The summed E-state index contributed by atoms with van der Waals surface area (Å²) < 4.78 is 0. The summed E-state index contributed by atoms with van der Waals surface area (Å²) in [6.45, 7) is 6.67. The lowest BCUT2D eigenvalue weighted by atomic mass is 10.0. The van der Waals surface area contributed by atoms with Crippen LogP contribution in [0.1, 0.15) is 20.8 Å². The minimum atomic E-state index is -0.219. The highest BCUT2D eigenvalue weighted by molar-refractivity contribution is 5.84. The topological polar surface area (TPSA) is 68.4 Å². The van der Waals surface area contributed by atoms with Gasteiger partial charge in [0.15, 0.2) is 0 Å². The van der Waals surface area contributed by atoms with Gasteiger partial charge in [-0.15, -0.1) is 0 Å². The zero-order valence-corrected chi connectivity index (χ0v) is 8.72. The number of carbonyl (C=O) groups excluding carboxylic acids is 1. The monoisotopic (exact) mass is 199 g/mol. The average Bonchev–Trinajstić information content (AvgIpc) is 2.50. The average molecular weight is 199 g/mol. The van der Waals surface area contributed by atoms with E-state index in [4.69, 9.17) is 0 Å². The molecule has 2 saturated heterocycles. The van der Waals surface area contributed by atoms with Crippen molar-refractivity contribution in [3.05, 3.63) is 0 Å². The molecule has 0 aliphatic carbocycles. The van der Waals surface area contributed by atoms with Crippen molar-refractivity contribution in [1.82, 2.24) is 26.6 Å². The maximum absolute atomic E-state index is 12.0. The molecule has 6 nitrogen and oxygen atoms in total. The molecule has 2 rings (SSSR count). The SMILES string of the molecule is CC(C)(C)N1CNC2NNNC2C1=O. The number of nitrogens with one attached hydrogen (secondary N) is 4. The van der Waals surface area contributed by atoms with E-state index in [2.05, 4.69) is 21.7 Å². The van der Waals surface area contributed by atoms with Gasteiger partial charge in [-0.3, -0.25) is 10.1 Å². The molecule has 80 valence electrons. The molecule has 4 N–H and O–H groups in total. The number of carbonyl (C=O) groups is 1. The van der Waals surface area contributed by atoms with Gasteiger partial charge in [0.05, 0.1) is 12.8 Å². The van der Waals surface area contributed by atoms with Gasteiger partial charge in [0.1, 0.15) is 6.04 Å². The third-order valence-corrected chi connectivity index (χ3v) is 2.60. The van der Waals surface area contributed by atoms with Gasteiger partial charge in [0, 0.05) is 5.54 Å². The van der Waals surface area contributed by atoms with Crippen molar-refractivity contribution in [1.29, 1.82) is 0 Å². The normalized spacial score (nSPS) is 33.4. The fourth-order valence-electron chi connectivity index (χ4n) is 1.74. The molecule has 0 aromatic carbocycles. The van der Waals surface area contributed by atoms with Crippen molar-refractivity contribution in [2.75, 3.05) is 6.67 Å². The van der Waals surface area contributed by atoms with Crippen LogP contribution in [0.4, 0.5) is 0 Å². The van der Waals surface area contributed by atoms with Crippen molar-refractivity contribution in [2.45, 2.75) is 38.5 Å². The molecular formula is C8H17N5O. The van der Waals surface area contributed by atoms with Crippen LogP contribution >= 0.6 is 0 Å². The van der Waals surface area contributed by atoms with Gasteiger partial charge in [-0.1, -0.05) is 0 Å². The summed E-state index contributed by atoms with van der Waals surface area (Å²) >= 11 is 0. The summed E-state index contributed by atoms with van der Waals surface area (Å²) in [6, 6.07) is -0.219. The number of nitrogens with zero attached hydrogens (tertiary/aromatic N) is 1. The first kappa shape index (κ1) is 9.85. The van der Waals surface area contributed by atoms with Crippen LogP contribution in [0.5, 0.6) is 0 Å². The van der Waals surface area contributed by atoms with Crippen LogP contribution in [0.3, 0.4) is 0 Å². The number of rotatable bonds is 0. The molecule has 0 saturated carbocycles. The Labute approximate surface area is 83.3 Å². The summed E-state index contributed by atoms with van der Waals surface area (Å²) in [7, 11) is 0. The summed E-state index contributed by atoms with van der Waals surface area (Å²) in [4.78, 5) is 13.8. The van der Waals surface area contributed by atoms with E-state index >= 15 is 0 Å². The Balaban J connectivity index is 2.13. The second-order valence-corrected chi connectivity index (χ2v) is 4.67. The van der Waals surface area contributed by atoms with E-state index < -0.39 is 0 Å². The van der Waals surface area contributed by atoms with E-state index in [0.717, 1.165) is 0 Å². The predicted octanol–water partition coefficient (Wildman–Crippen LogP) is -1.52. The van der Waals surface area contributed by atoms with E-state index in [0.29, 0.717) is 6.67 Å². The Morgan fingerprint density at radius 3 is 2.71 bits per heavy atom. The summed E-state index contributed by atoms with van der Waals surface area (Å²) in [5.41, 5.74) is 8.45. The molecule has 0 aromatic heterocycles. The van der Waals surface area contributed by atoms with Crippen LogP contribution in [0, 0.1) is 0 Å². The number of hydrazine groups is 2. The Morgan fingerprint density at radius 1 is 1.36 bits per heavy atom. The molecule has 0 aromatic rings. The lowest BCUT2D eigenvalue weighted by molar-refractivity contribution is -0.142. The van der Waals surface area contributed by atoms with Crippen LogP contribution in [0.15, 0.2) is 0 Å². The minimum absolute atomic E-state index is 0.0129. The molecule has 14 heavy (non-hydrogen) atoms. The third kappa shape index (κ3) is 1.50. The predicted molar refractivity (Wildman–Crippen MR) is 51.6 cm³/mol. The quantitative estimate of drug-likeness (QED) is 0.381. The second kappa shape index (κ2) is 3.16.